The van der Waals surface area contributed by atoms with E-state index in [0.717, 1.165) is 22.2 Å². The first-order chi connectivity index (χ1) is 14.7. The van der Waals surface area contributed by atoms with Crippen molar-refractivity contribution in [3.63, 3.8) is 0 Å². The van der Waals surface area contributed by atoms with Gasteiger partial charge in [-0.15, -0.1) is 11.3 Å². The van der Waals surface area contributed by atoms with Crippen molar-refractivity contribution in [1.29, 1.82) is 0 Å². The molecule has 0 unspecified atom stereocenters. The number of thiophene rings is 1. The summed E-state index contributed by atoms with van der Waals surface area (Å²) in [5, 5.41) is 3.63. The summed E-state index contributed by atoms with van der Waals surface area (Å²) in [4.78, 5) is 18.9. The van der Waals surface area contributed by atoms with Gasteiger partial charge in [-0.25, -0.2) is 4.98 Å². The van der Waals surface area contributed by atoms with Crippen molar-refractivity contribution in [2.75, 3.05) is 11.1 Å². The number of nitrogen functional groups attached to an aromatic ring is 1. The molecule has 0 bridgehead atoms. The summed E-state index contributed by atoms with van der Waals surface area (Å²) in [5.41, 5.74) is 10.2. The summed E-state index contributed by atoms with van der Waals surface area (Å²) in [7, 11) is 0. The van der Waals surface area contributed by atoms with Gasteiger partial charge in [0, 0.05) is 22.2 Å². The maximum atomic E-state index is 12.9. The van der Waals surface area contributed by atoms with Crippen LogP contribution >= 0.6 is 11.3 Å². The third-order valence-corrected chi connectivity index (χ3v) is 5.89. The van der Waals surface area contributed by atoms with E-state index in [9.17, 15) is 4.79 Å². The Bertz CT molecular complexity index is 1330. The van der Waals surface area contributed by atoms with Gasteiger partial charge in [-0.3, -0.25) is 4.79 Å². The number of anilines is 2. The van der Waals surface area contributed by atoms with Crippen molar-refractivity contribution >= 4 is 38.8 Å². The van der Waals surface area contributed by atoms with Crippen LogP contribution in [0.3, 0.4) is 0 Å². The zero-order valence-corrected chi connectivity index (χ0v) is 16.6. The molecule has 146 valence electrons. The number of pyridine rings is 1. The molecule has 6 heteroatoms. The fourth-order valence-electron chi connectivity index (χ4n) is 3.38. The molecule has 3 aromatic heterocycles. The van der Waals surface area contributed by atoms with Crippen LogP contribution < -0.4 is 11.1 Å². The third-order valence-electron chi connectivity index (χ3n) is 4.79. The number of fused-ring (bicyclic) bond motifs is 1. The largest absolute Gasteiger partial charge is 0.464 e. The Hall–Kier alpha value is -3.90. The smallest absolute Gasteiger partial charge is 0.267 e. The number of nitrogens with two attached hydrogens (primary N) is 1. The number of nitrogens with one attached hydrogen (secondary N) is 1. The van der Waals surface area contributed by atoms with E-state index >= 15 is 0 Å². The number of carbonyl (C=O) groups is 1. The molecule has 30 heavy (non-hydrogen) atoms. The maximum absolute atomic E-state index is 12.9. The SMILES string of the molecule is Nc1c(C(=O)Nc2ccccc2)sc2nc(-c3ccccc3)cc(-c3ccco3)c12. The van der Waals surface area contributed by atoms with E-state index in [1.807, 2.05) is 78.9 Å². The van der Waals surface area contributed by atoms with Gasteiger partial charge in [-0.1, -0.05) is 48.5 Å². The van der Waals surface area contributed by atoms with Gasteiger partial charge in [0.1, 0.15) is 15.5 Å². The monoisotopic (exact) mass is 411 g/mol. The average molecular weight is 411 g/mol. The molecule has 3 heterocycles. The predicted molar refractivity (Wildman–Crippen MR) is 122 cm³/mol. The molecule has 5 nitrogen and oxygen atoms in total. The van der Waals surface area contributed by atoms with E-state index in [0.29, 0.717) is 26.8 Å². The Labute approximate surface area is 176 Å². The van der Waals surface area contributed by atoms with E-state index in [-0.39, 0.29) is 5.91 Å². The minimum Gasteiger partial charge on any atom is -0.464 e. The standard InChI is InChI=1S/C24H17N3O2S/c25-21-20-17(19-12-7-13-29-19)14-18(15-8-3-1-4-9-15)27-24(20)30-22(21)23(28)26-16-10-5-2-6-11-16/h1-14H,25H2,(H,26,28). The van der Waals surface area contributed by atoms with Gasteiger partial charge in [-0.05, 0) is 30.3 Å². The number of rotatable bonds is 4. The van der Waals surface area contributed by atoms with Crippen LogP contribution in [0, 0.1) is 0 Å². The summed E-state index contributed by atoms with van der Waals surface area (Å²) in [6.45, 7) is 0. The summed E-state index contributed by atoms with van der Waals surface area (Å²) in [6, 6.07) is 24.9. The second kappa shape index (κ2) is 7.50. The lowest BCUT2D eigenvalue weighted by Gasteiger charge is -2.07. The lowest BCUT2D eigenvalue weighted by molar-refractivity contribution is 0.103. The lowest BCUT2D eigenvalue weighted by Crippen LogP contribution is -2.11. The normalized spacial score (nSPS) is 10.9. The molecular weight excluding hydrogens is 394 g/mol. The highest BCUT2D eigenvalue weighted by molar-refractivity contribution is 7.21. The molecule has 0 saturated carbocycles. The zero-order valence-electron chi connectivity index (χ0n) is 15.8. The summed E-state index contributed by atoms with van der Waals surface area (Å²) >= 11 is 1.28. The maximum Gasteiger partial charge on any atom is 0.267 e. The Morgan fingerprint density at radius 1 is 0.967 bits per heavy atom. The van der Waals surface area contributed by atoms with Crippen molar-refractivity contribution in [3.8, 4) is 22.6 Å². The molecule has 1 amide bonds. The predicted octanol–water partition coefficient (Wildman–Crippen LogP) is 6.06. The topological polar surface area (TPSA) is 81.2 Å². The van der Waals surface area contributed by atoms with Crippen molar-refractivity contribution in [1.82, 2.24) is 4.98 Å². The summed E-state index contributed by atoms with van der Waals surface area (Å²) in [5.74, 6) is 0.424. The molecule has 0 aliphatic heterocycles. The van der Waals surface area contributed by atoms with Crippen LogP contribution in [0.15, 0.2) is 89.5 Å². The molecule has 5 rings (SSSR count). The number of benzene rings is 2. The van der Waals surface area contributed by atoms with E-state index in [1.165, 1.54) is 11.3 Å². The molecule has 0 radical (unpaired) electrons. The molecule has 0 atom stereocenters. The van der Waals surface area contributed by atoms with Gasteiger partial charge >= 0.3 is 0 Å². The number of amides is 1. The van der Waals surface area contributed by atoms with Gasteiger partial charge in [0.15, 0.2) is 0 Å². The Morgan fingerprint density at radius 3 is 2.40 bits per heavy atom. The molecule has 0 fully saturated rings. The lowest BCUT2D eigenvalue weighted by atomic mass is 10.0. The second-order valence-electron chi connectivity index (χ2n) is 6.74. The molecule has 0 aliphatic carbocycles. The fourth-order valence-corrected chi connectivity index (χ4v) is 4.40. The van der Waals surface area contributed by atoms with E-state index in [2.05, 4.69) is 5.32 Å². The van der Waals surface area contributed by atoms with Crippen molar-refractivity contribution in [3.05, 3.63) is 90.0 Å². The molecule has 0 saturated heterocycles. The van der Waals surface area contributed by atoms with Gasteiger partial charge in [0.05, 0.1) is 17.6 Å². The van der Waals surface area contributed by atoms with E-state index in [1.54, 1.807) is 6.26 Å². The number of hydrogen-bond donors (Lipinski definition) is 2. The van der Waals surface area contributed by atoms with Gasteiger partial charge in [0.25, 0.3) is 5.91 Å². The van der Waals surface area contributed by atoms with Crippen LogP contribution in [0.25, 0.3) is 32.8 Å². The van der Waals surface area contributed by atoms with E-state index in [4.69, 9.17) is 15.1 Å². The zero-order chi connectivity index (χ0) is 20.5. The minimum atomic E-state index is -0.256. The van der Waals surface area contributed by atoms with Crippen LogP contribution in [0.4, 0.5) is 11.4 Å². The summed E-state index contributed by atoms with van der Waals surface area (Å²) in [6.07, 6.45) is 1.62. The number of para-hydroxylation sites is 1. The molecule has 2 aromatic carbocycles. The summed E-state index contributed by atoms with van der Waals surface area (Å²) < 4.78 is 5.66. The van der Waals surface area contributed by atoms with Gasteiger partial charge in [0.2, 0.25) is 0 Å². The highest BCUT2D eigenvalue weighted by Crippen LogP contribution is 2.41. The van der Waals surface area contributed by atoms with Crippen LogP contribution in [0.2, 0.25) is 0 Å². The number of nitrogens with zero attached hydrogens (tertiary/aromatic N) is 1. The highest BCUT2D eigenvalue weighted by Gasteiger charge is 2.22. The Kier molecular flexibility index (Phi) is 4.53. The Morgan fingerprint density at radius 2 is 1.70 bits per heavy atom. The number of aromatic nitrogens is 1. The minimum absolute atomic E-state index is 0.256. The first-order valence-electron chi connectivity index (χ1n) is 9.39. The van der Waals surface area contributed by atoms with Gasteiger partial charge < -0.3 is 15.5 Å². The average Bonchev–Trinajstić information content (AvgIpc) is 3.43. The molecule has 3 N–H and O–H groups in total. The molecule has 0 aliphatic rings. The molecule has 0 spiro atoms. The first-order valence-corrected chi connectivity index (χ1v) is 10.2. The van der Waals surface area contributed by atoms with Crippen LogP contribution in [0.5, 0.6) is 0 Å². The third kappa shape index (κ3) is 3.23. The van der Waals surface area contributed by atoms with Gasteiger partial charge in [-0.2, -0.15) is 0 Å². The van der Waals surface area contributed by atoms with Crippen LogP contribution in [-0.2, 0) is 0 Å². The quantitative estimate of drug-likeness (QED) is 0.377. The number of furan rings is 1. The highest BCUT2D eigenvalue weighted by atomic mass is 32.1. The Balaban J connectivity index is 1.67. The molecule has 5 aromatic rings. The second-order valence-corrected chi connectivity index (χ2v) is 7.74. The number of hydrogen-bond acceptors (Lipinski definition) is 5. The fraction of sp³-hybridized carbons (Fsp3) is 0. The van der Waals surface area contributed by atoms with Crippen molar-refractivity contribution in [2.45, 2.75) is 0 Å². The number of carbonyl (C=O) groups excluding carboxylic acids is 1. The van der Waals surface area contributed by atoms with Crippen LogP contribution in [0.1, 0.15) is 9.67 Å². The van der Waals surface area contributed by atoms with Crippen molar-refractivity contribution in [2.24, 2.45) is 0 Å². The van der Waals surface area contributed by atoms with Crippen molar-refractivity contribution < 1.29 is 9.21 Å². The van der Waals surface area contributed by atoms with Crippen LogP contribution in [-0.4, -0.2) is 10.9 Å². The first kappa shape index (κ1) is 18.1. The molecular formula is C24H17N3O2S. The van der Waals surface area contributed by atoms with E-state index < -0.39 is 0 Å².